The van der Waals surface area contributed by atoms with Crippen LogP contribution in [0.4, 0.5) is 5.95 Å². The van der Waals surface area contributed by atoms with Crippen molar-refractivity contribution in [2.24, 2.45) is 0 Å². The molecule has 9 heavy (non-hydrogen) atoms. The predicted octanol–water partition coefficient (Wildman–Crippen LogP) is 2.00. The number of hydrogen-bond acceptors (Lipinski definition) is 3. The third-order valence-corrected chi connectivity index (χ3v) is 1.60. The Morgan fingerprint density at radius 3 is 2.44 bits per heavy atom. The number of nitrogens with zero attached hydrogens (tertiary/aromatic N) is 2. The molecule has 0 aromatic carbocycles. The Morgan fingerprint density at radius 1 is 1.44 bits per heavy atom. The van der Waals surface area contributed by atoms with Gasteiger partial charge in [-0.25, -0.2) is 9.97 Å². The summed E-state index contributed by atoms with van der Waals surface area (Å²) in [5, 5.41) is 0. The summed E-state index contributed by atoms with van der Waals surface area (Å²) >= 11 is 5.19. The molecule has 0 radical (unpaired) electrons. The molecule has 0 bridgehead atoms. The molecular formula is C4H3BrIN3. The van der Waals surface area contributed by atoms with Gasteiger partial charge in [-0.05, 0) is 15.9 Å². The number of halogens is 2. The van der Waals surface area contributed by atoms with E-state index in [0.29, 0.717) is 5.95 Å². The number of nitrogens with one attached hydrogen (secondary N) is 1. The highest BCUT2D eigenvalue weighted by Crippen LogP contribution is 2.07. The van der Waals surface area contributed by atoms with Crippen LogP contribution in [0.15, 0.2) is 16.9 Å². The van der Waals surface area contributed by atoms with Gasteiger partial charge in [0.15, 0.2) is 0 Å². The van der Waals surface area contributed by atoms with Gasteiger partial charge in [0.2, 0.25) is 5.95 Å². The molecule has 0 atom stereocenters. The predicted molar refractivity (Wildman–Crippen MR) is 47.4 cm³/mol. The van der Waals surface area contributed by atoms with Crippen LogP contribution in [0.1, 0.15) is 0 Å². The van der Waals surface area contributed by atoms with Gasteiger partial charge in [0, 0.05) is 12.4 Å². The smallest absolute Gasteiger partial charge is 0.231 e. The second kappa shape index (κ2) is 3.31. The summed E-state index contributed by atoms with van der Waals surface area (Å²) in [6, 6.07) is 0. The SMILES string of the molecule is Brc1cnc(NI)nc1. The quantitative estimate of drug-likeness (QED) is 0.637. The van der Waals surface area contributed by atoms with Crippen LogP contribution >= 0.6 is 38.8 Å². The topological polar surface area (TPSA) is 37.8 Å². The average Bonchev–Trinajstić information content (AvgIpc) is 1.90. The minimum atomic E-state index is 0.624. The van der Waals surface area contributed by atoms with Gasteiger partial charge in [0.25, 0.3) is 0 Å². The Bertz CT molecular complexity index is 188. The van der Waals surface area contributed by atoms with Gasteiger partial charge in [-0.2, -0.15) is 0 Å². The van der Waals surface area contributed by atoms with E-state index in [9.17, 15) is 0 Å². The first-order valence-corrected chi connectivity index (χ1v) is 4.04. The monoisotopic (exact) mass is 299 g/mol. The third-order valence-electron chi connectivity index (χ3n) is 0.705. The normalized spacial score (nSPS) is 9.11. The fourth-order valence-electron chi connectivity index (χ4n) is 0.361. The van der Waals surface area contributed by atoms with Crippen molar-refractivity contribution in [1.29, 1.82) is 0 Å². The molecule has 0 amide bonds. The molecule has 0 saturated heterocycles. The van der Waals surface area contributed by atoms with Crippen LogP contribution in [0.5, 0.6) is 0 Å². The molecular weight excluding hydrogens is 297 g/mol. The molecule has 5 heteroatoms. The Balaban J connectivity index is 2.88. The van der Waals surface area contributed by atoms with Crippen LogP contribution < -0.4 is 3.53 Å². The third kappa shape index (κ3) is 2.05. The number of anilines is 1. The fourth-order valence-corrected chi connectivity index (χ4v) is 0.844. The van der Waals surface area contributed by atoms with Crippen molar-refractivity contribution >= 4 is 44.7 Å². The van der Waals surface area contributed by atoms with Crippen molar-refractivity contribution in [3.8, 4) is 0 Å². The molecule has 0 aliphatic carbocycles. The maximum Gasteiger partial charge on any atom is 0.231 e. The lowest BCUT2D eigenvalue weighted by atomic mass is 10.7. The van der Waals surface area contributed by atoms with E-state index < -0.39 is 0 Å². The summed E-state index contributed by atoms with van der Waals surface area (Å²) in [6.07, 6.45) is 3.38. The number of rotatable bonds is 1. The number of hydrogen-bond donors (Lipinski definition) is 1. The van der Waals surface area contributed by atoms with E-state index in [1.54, 1.807) is 12.4 Å². The molecule has 0 aliphatic rings. The molecule has 1 N–H and O–H groups in total. The lowest BCUT2D eigenvalue weighted by Crippen LogP contribution is -1.87. The molecule has 1 aromatic heterocycles. The van der Waals surface area contributed by atoms with Crippen molar-refractivity contribution < 1.29 is 0 Å². The maximum atomic E-state index is 3.92. The highest BCUT2D eigenvalue weighted by molar-refractivity contribution is 14.1. The van der Waals surface area contributed by atoms with Gasteiger partial charge in [-0.15, -0.1) is 0 Å². The molecule has 0 unspecified atom stereocenters. The van der Waals surface area contributed by atoms with Gasteiger partial charge in [-0.1, -0.05) is 0 Å². The minimum absolute atomic E-state index is 0.624. The summed E-state index contributed by atoms with van der Waals surface area (Å²) < 4.78 is 3.67. The van der Waals surface area contributed by atoms with E-state index in [4.69, 9.17) is 0 Å². The zero-order valence-corrected chi connectivity index (χ0v) is 8.05. The lowest BCUT2D eigenvalue weighted by Gasteiger charge is -1.92. The van der Waals surface area contributed by atoms with Crippen molar-refractivity contribution in [1.82, 2.24) is 9.97 Å². The highest BCUT2D eigenvalue weighted by Gasteiger charge is 1.89. The largest absolute Gasteiger partial charge is 0.297 e. The van der Waals surface area contributed by atoms with Crippen molar-refractivity contribution in [2.45, 2.75) is 0 Å². The molecule has 1 heterocycles. The standard InChI is InChI=1S/C4H3BrIN3/c5-3-1-7-4(9-6)8-2-3/h1-2H,(H,7,8,9). The Hall–Kier alpha value is 0.0900. The fraction of sp³-hybridized carbons (Fsp3) is 0. The zero-order chi connectivity index (χ0) is 6.69. The molecule has 1 rings (SSSR count). The van der Waals surface area contributed by atoms with E-state index in [0.717, 1.165) is 4.47 Å². The Morgan fingerprint density at radius 2 is 2.00 bits per heavy atom. The Kier molecular flexibility index (Phi) is 2.65. The van der Waals surface area contributed by atoms with Crippen LogP contribution in [-0.4, -0.2) is 9.97 Å². The second-order valence-corrected chi connectivity index (χ2v) is 2.77. The first kappa shape index (κ1) is 7.20. The number of aromatic nitrogens is 2. The van der Waals surface area contributed by atoms with E-state index in [1.165, 1.54) is 0 Å². The highest BCUT2D eigenvalue weighted by atomic mass is 127. The summed E-state index contributed by atoms with van der Waals surface area (Å²) in [5.74, 6) is 0.624. The van der Waals surface area contributed by atoms with Crippen molar-refractivity contribution in [3.63, 3.8) is 0 Å². The summed E-state index contributed by atoms with van der Waals surface area (Å²) in [4.78, 5) is 7.84. The molecule has 1 aromatic rings. The van der Waals surface area contributed by atoms with E-state index in [2.05, 4.69) is 29.4 Å². The average molecular weight is 300 g/mol. The van der Waals surface area contributed by atoms with Crippen molar-refractivity contribution in [2.75, 3.05) is 3.53 Å². The van der Waals surface area contributed by atoms with Crippen LogP contribution in [0.2, 0.25) is 0 Å². The Labute approximate surface area is 74.9 Å². The van der Waals surface area contributed by atoms with Crippen LogP contribution in [0, 0.1) is 0 Å². The van der Waals surface area contributed by atoms with E-state index in [-0.39, 0.29) is 0 Å². The van der Waals surface area contributed by atoms with Gasteiger partial charge in [0.1, 0.15) is 0 Å². The maximum absolute atomic E-state index is 3.92. The van der Waals surface area contributed by atoms with E-state index in [1.807, 2.05) is 22.9 Å². The van der Waals surface area contributed by atoms with Gasteiger partial charge >= 0.3 is 0 Å². The molecule has 48 valence electrons. The zero-order valence-electron chi connectivity index (χ0n) is 4.31. The first-order valence-electron chi connectivity index (χ1n) is 2.17. The minimum Gasteiger partial charge on any atom is -0.297 e. The van der Waals surface area contributed by atoms with Gasteiger partial charge in [0.05, 0.1) is 27.3 Å². The molecule has 0 saturated carbocycles. The van der Waals surface area contributed by atoms with Crippen LogP contribution in [0.25, 0.3) is 0 Å². The molecule has 0 aliphatic heterocycles. The van der Waals surface area contributed by atoms with Crippen LogP contribution in [0.3, 0.4) is 0 Å². The van der Waals surface area contributed by atoms with Crippen LogP contribution in [-0.2, 0) is 0 Å². The second-order valence-electron chi connectivity index (χ2n) is 1.32. The summed E-state index contributed by atoms with van der Waals surface area (Å²) in [5.41, 5.74) is 0. The molecule has 3 nitrogen and oxygen atoms in total. The molecule has 0 spiro atoms. The van der Waals surface area contributed by atoms with Gasteiger partial charge < -0.3 is 0 Å². The lowest BCUT2D eigenvalue weighted by molar-refractivity contribution is 1.17. The van der Waals surface area contributed by atoms with Crippen molar-refractivity contribution in [3.05, 3.63) is 16.9 Å². The summed E-state index contributed by atoms with van der Waals surface area (Å²) in [6.45, 7) is 0. The first-order chi connectivity index (χ1) is 4.33. The molecule has 0 fully saturated rings. The van der Waals surface area contributed by atoms with E-state index >= 15 is 0 Å². The summed E-state index contributed by atoms with van der Waals surface area (Å²) in [7, 11) is 0. The van der Waals surface area contributed by atoms with Gasteiger partial charge in [-0.3, -0.25) is 3.53 Å².